The van der Waals surface area contributed by atoms with Gasteiger partial charge in [0.1, 0.15) is 17.4 Å². The van der Waals surface area contributed by atoms with E-state index in [2.05, 4.69) is 5.32 Å². The number of hydrogen-bond donors (Lipinski definition) is 1. The average Bonchev–Trinajstić information content (AvgIpc) is 2.72. The summed E-state index contributed by atoms with van der Waals surface area (Å²) in [7, 11) is 4.23. The zero-order valence-corrected chi connectivity index (χ0v) is 16.4. The van der Waals surface area contributed by atoms with Gasteiger partial charge in [-0.2, -0.15) is 5.26 Å². The predicted molar refractivity (Wildman–Crippen MR) is 106 cm³/mol. The standard InChI is InChI=1S/C19H16ClN3O6/c1-27-16-5-4-13(23(25)26)8-15(16)22-19(24)12(10-21)6-11-7-17(28-2)18(29-3)9-14(11)20/h4-9H,1-3H3,(H,22,24)/b12-6+. The van der Waals surface area contributed by atoms with E-state index in [0.717, 1.165) is 6.07 Å². The molecule has 1 amide bonds. The number of non-ortho nitro benzene ring substituents is 1. The van der Waals surface area contributed by atoms with Gasteiger partial charge in [-0.3, -0.25) is 14.9 Å². The highest BCUT2D eigenvalue weighted by molar-refractivity contribution is 6.32. The molecule has 0 aliphatic rings. The van der Waals surface area contributed by atoms with Crippen LogP contribution in [0, 0.1) is 21.4 Å². The monoisotopic (exact) mass is 417 g/mol. The van der Waals surface area contributed by atoms with Crippen LogP contribution in [0.15, 0.2) is 35.9 Å². The number of benzene rings is 2. The molecule has 0 unspecified atom stereocenters. The van der Waals surface area contributed by atoms with Crippen molar-refractivity contribution in [1.29, 1.82) is 5.26 Å². The number of halogens is 1. The number of nitriles is 1. The zero-order valence-electron chi connectivity index (χ0n) is 15.7. The van der Waals surface area contributed by atoms with Crippen molar-refractivity contribution in [2.24, 2.45) is 0 Å². The number of anilines is 1. The smallest absolute Gasteiger partial charge is 0.271 e. The van der Waals surface area contributed by atoms with Crippen LogP contribution in [0.5, 0.6) is 17.2 Å². The number of nitro benzene ring substituents is 1. The Balaban J connectivity index is 2.41. The van der Waals surface area contributed by atoms with Gasteiger partial charge in [-0.05, 0) is 23.8 Å². The number of carbonyl (C=O) groups excluding carboxylic acids is 1. The SMILES string of the molecule is COc1ccc([N+](=O)[O-])cc1NC(=O)/C(C#N)=C/c1cc(OC)c(OC)cc1Cl. The van der Waals surface area contributed by atoms with E-state index in [-0.39, 0.29) is 27.7 Å². The van der Waals surface area contributed by atoms with Gasteiger partial charge in [-0.25, -0.2) is 0 Å². The predicted octanol–water partition coefficient (Wildman–Crippen LogP) is 3.82. The zero-order chi connectivity index (χ0) is 21.6. The maximum atomic E-state index is 12.6. The van der Waals surface area contributed by atoms with Crippen LogP contribution in [0.4, 0.5) is 11.4 Å². The Hall–Kier alpha value is -3.77. The third-order valence-corrected chi connectivity index (χ3v) is 4.14. The lowest BCUT2D eigenvalue weighted by Crippen LogP contribution is -2.14. The summed E-state index contributed by atoms with van der Waals surface area (Å²) in [6, 6.07) is 8.50. The van der Waals surface area contributed by atoms with Crippen LogP contribution in [0.3, 0.4) is 0 Å². The molecule has 0 saturated heterocycles. The van der Waals surface area contributed by atoms with Crippen LogP contribution < -0.4 is 19.5 Å². The quantitative estimate of drug-likeness (QED) is 0.314. The lowest BCUT2D eigenvalue weighted by molar-refractivity contribution is -0.384. The number of hydrogen-bond acceptors (Lipinski definition) is 7. The molecule has 150 valence electrons. The van der Waals surface area contributed by atoms with Crippen molar-refractivity contribution in [3.8, 4) is 23.3 Å². The molecule has 0 aromatic heterocycles. The van der Waals surface area contributed by atoms with E-state index in [0.29, 0.717) is 17.1 Å². The minimum absolute atomic E-state index is 0.0475. The number of nitrogens with zero attached hydrogens (tertiary/aromatic N) is 2. The van der Waals surface area contributed by atoms with E-state index < -0.39 is 10.8 Å². The van der Waals surface area contributed by atoms with Crippen molar-refractivity contribution in [3.05, 3.63) is 56.6 Å². The highest BCUT2D eigenvalue weighted by atomic mass is 35.5. The summed E-state index contributed by atoms with van der Waals surface area (Å²) < 4.78 is 15.4. The maximum Gasteiger partial charge on any atom is 0.271 e. The summed E-state index contributed by atoms with van der Waals surface area (Å²) in [6.45, 7) is 0. The largest absolute Gasteiger partial charge is 0.495 e. The van der Waals surface area contributed by atoms with Crippen molar-refractivity contribution in [2.75, 3.05) is 26.6 Å². The summed E-state index contributed by atoms with van der Waals surface area (Å²) in [5.41, 5.74) is -0.132. The molecule has 0 spiro atoms. The maximum absolute atomic E-state index is 12.6. The molecule has 29 heavy (non-hydrogen) atoms. The molecule has 2 rings (SSSR count). The Labute approximate surface area is 171 Å². The Kier molecular flexibility index (Phi) is 7.00. The summed E-state index contributed by atoms with van der Waals surface area (Å²) >= 11 is 6.19. The first-order valence-corrected chi connectivity index (χ1v) is 8.39. The molecule has 0 heterocycles. The summed E-state index contributed by atoms with van der Waals surface area (Å²) in [5.74, 6) is 0.155. The normalized spacial score (nSPS) is 10.7. The Morgan fingerprint density at radius 2 is 1.76 bits per heavy atom. The Bertz CT molecular complexity index is 1030. The van der Waals surface area contributed by atoms with Gasteiger partial charge >= 0.3 is 0 Å². The van der Waals surface area contributed by atoms with Crippen LogP contribution in [-0.2, 0) is 4.79 Å². The number of amides is 1. The summed E-state index contributed by atoms with van der Waals surface area (Å²) in [5, 5.41) is 23.1. The number of nitro groups is 1. The van der Waals surface area contributed by atoms with E-state index in [4.69, 9.17) is 25.8 Å². The first-order chi connectivity index (χ1) is 13.8. The molecule has 2 aromatic carbocycles. The third kappa shape index (κ3) is 4.94. The highest BCUT2D eigenvalue weighted by Gasteiger charge is 2.17. The van der Waals surface area contributed by atoms with Gasteiger partial charge in [-0.1, -0.05) is 11.6 Å². The molecule has 1 N–H and O–H groups in total. The van der Waals surface area contributed by atoms with Crippen molar-refractivity contribution < 1.29 is 23.9 Å². The van der Waals surface area contributed by atoms with Crippen molar-refractivity contribution >= 4 is 35.0 Å². The van der Waals surface area contributed by atoms with Crippen LogP contribution in [0.1, 0.15) is 5.56 Å². The van der Waals surface area contributed by atoms with E-state index in [1.54, 1.807) is 6.07 Å². The van der Waals surface area contributed by atoms with Gasteiger partial charge < -0.3 is 19.5 Å². The minimum Gasteiger partial charge on any atom is -0.495 e. The second-order valence-corrected chi connectivity index (χ2v) is 5.90. The van der Waals surface area contributed by atoms with E-state index >= 15 is 0 Å². The molecule has 0 fully saturated rings. The molecule has 0 radical (unpaired) electrons. The molecule has 0 aliphatic carbocycles. The van der Waals surface area contributed by atoms with Gasteiger partial charge in [-0.15, -0.1) is 0 Å². The Morgan fingerprint density at radius 1 is 1.14 bits per heavy atom. The lowest BCUT2D eigenvalue weighted by Gasteiger charge is -2.11. The summed E-state index contributed by atoms with van der Waals surface area (Å²) in [6.07, 6.45) is 1.27. The molecule has 0 atom stereocenters. The second-order valence-electron chi connectivity index (χ2n) is 5.49. The Morgan fingerprint density at radius 3 is 2.31 bits per heavy atom. The molecule has 9 nitrogen and oxygen atoms in total. The third-order valence-electron chi connectivity index (χ3n) is 3.81. The number of methoxy groups -OCH3 is 3. The van der Waals surface area contributed by atoms with E-state index in [1.807, 2.05) is 0 Å². The van der Waals surface area contributed by atoms with E-state index in [1.165, 1.54) is 51.7 Å². The number of rotatable bonds is 7. The number of nitrogens with one attached hydrogen (secondary N) is 1. The van der Waals surface area contributed by atoms with Crippen LogP contribution in [0.25, 0.3) is 6.08 Å². The molecular weight excluding hydrogens is 402 g/mol. The fourth-order valence-electron chi connectivity index (χ4n) is 2.38. The van der Waals surface area contributed by atoms with Gasteiger partial charge in [0.15, 0.2) is 11.5 Å². The van der Waals surface area contributed by atoms with Crippen molar-refractivity contribution in [2.45, 2.75) is 0 Å². The van der Waals surface area contributed by atoms with Crippen LogP contribution in [0.2, 0.25) is 5.02 Å². The van der Waals surface area contributed by atoms with Gasteiger partial charge in [0.25, 0.3) is 11.6 Å². The number of ether oxygens (including phenoxy) is 3. The average molecular weight is 418 g/mol. The van der Waals surface area contributed by atoms with Crippen LogP contribution in [-0.4, -0.2) is 32.2 Å². The molecular formula is C19H16ClN3O6. The van der Waals surface area contributed by atoms with Crippen molar-refractivity contribution in [3.63, 3.8) is 0 Å². The fraction of sp³-hybridized carbons (Fsp3) is 0.158. The first-order valence-electron chi connectivity index (χ1n) is 8.01. The molecule has 0 bridgehead atoms. The first kappa shape index (κ1) is 21.5. The molecule has 10 heteroatoms. The molecule has 2 aromatic rings. The van der Waals surface area contributed by atoms with Gasteiger partial charge in [0.2, 0.25) is 0 Å². The number of carbonyl (C=O) groups is 1. The second kappa shape index (κ2) is 9.43. The van der Waals surface area contributed by atoms with Gasteiger partial charge in [0, 0.05) is 18.2 Å². The fourth-order valence-corrected chi connectivity index (χ4v) is 2.59. The van der Waals surface area contributed by atoms with E-state index in [9.17, 15) is 20.2 Å². The van der Waals surface area contributed by atoms with Gasteiger partial charge in [0.05, 0.1) is 37.0 Å². The van der Waals surface area contributed by atoms with Crippen LogP contribution >= 0.6 is 11.6 Å². The molecule has 0 saturated carbocycles. The lowest BCUT2D eigenvalue weighted by atomic mass is 10.1. The highest BCUT2D eigenvalue weighted by Crippen LogP contribution is 2.34. The molecule has 0 aliphatic heterocycles. The van der Waals surface area contributed by atoms with Crippen molar-refractivity contribution in [1.82, 2.24) is 0 Å². The summed E-state index contributed by atoms with van der Waals surface area (Å²) in [4.78, 5) is 22.9. The minimum atomic E-state index is -0.794. The topological polar surface area (TPSA) is 124 Å².